The van der Waals surface area contributed by atoms with Crippen molar-refractivity contribution in [3.63, 3.8) is 0 Å². The van der Waals surface area contributed by atoms with Crippen molar-refractivity contribution in [1.29, 1.82) is 0 Å². The Morgan fingerprint density at radius 2 is 1.82 bits per heavy atom. The maximum atomic E-state index is 14.0. The van der Waals surface area contributed by atoms with Crippen LogP contribution < -0.4 is 15.0 Å². The van der Waals surface area contributed by atoms with Gasteiger partial charge in [0.25, 0.3) is 0 Å². The first-order valence-electron chi connectivity index (χ1n) is 14.5. The van der Waals surface area contributed by atoms with Gasteiger partial charge < -0.3 is 15.0 Å². The molecule has 8 nitrogen and oxygen atoms in total. The van der Waals surface area contributed by atoms with Crippen molar-refractivity contribution in [1.82, 2.24) is 20.1 Å². The van der Waals surface area contributed by atoms with Crippen LogP contribution in [0.1, 0.15) is 56.7 Å². The van der Waals surface area contributed by atoms with E-state index in [1.807, 2.05) is 49.9 Å². The van der Waals surface area contributed by atoms with E-state index in [1.165, 1.54) is 53.1 Å². The predicted molar refractivity (Wildman–Crippen MR) is 167 cm³/mol. The summed E-state index contributed by atoms with van der Waals surface area (Å²) >= 11 is 1.51. The van der Waals surface area contributed by atoms with E-state index in [-0.39, 0.29) is 23.5 Å². The number of thioether (sulfide) groups is 1. The second kappa shape index (κ2) is 13.7. The molecular formula is C32H32F4N6O2S. The highest BCUT2D eigenvalue weighted by Crippen LogP contribution is 2.33. The number of hydrogen-bond acceptors (Lipinski definition) is 5. The van der Waals surface area contributed by atoms with Crippen molar-refractivity contribution < 1.29 is 27.1 Å². The highest BCUT2D eigenvalue weighted by Gasteiger charge is 2.31. The number of anilines is 1. The van der Waals surface area contributed by atoms with Gasteiger partial charge in [0, 0.05) is 23.5 Å². The van der Waals surface area contributed by atoms with Gasteiger partial charge in [-0.05, 0) is 72.4 Å². The molecule has 0 spiro atoms. The molecule has 1 atom stereocenters. The van der Waals surface area contributed by atoms with Gasteiger partial charge in [-0.1, -0.05) is 56.8 Å². The fourth-order valence-corrected chi connectivity index (χ4v) is 5.93. The van der Waals surface area contributed by atoms with Crippen molar-refractivity contribution in [3.8, 4) is 22.8 Å². The number of amides is 2. The second-order valence-electron chi connectivity index (χ2n) is 10.7. The molecule has 0 bridgehead atoms. The molecule has 0 aliphatic carbocycles. The number of aliphatic imine (C=N–C) groups is 1. The van der Waals surface area contributed by atoms with E-state index in [9.17, 15) is 22.4 Å². The van der Waals surface area contributed by atoms with Crippen LogP contribution in [0.15, 0.2) is 78.0 Å². The van der Waals surface area contributed by atoms with Gasteiger partial charge in [0.15, 0.2) is 11.0 Å². The third kappa shape index (κ3) is 8.01. The number of rotatable bonds is 8. The molecular weight excluding hydrogens is 608 g/mol. The Morgan fingerprint density at radius 3 is 2.49 bits per heavy atom. The number of benzene rings is 3. The molecule has 1 fully saturated rings. The normalized spacial score (nSPS) is 15.4. The monoisotopic (exact) mass is 640 g/mol. The lowest BCUT2D eigenvalue weighted by Crippen LogP contribution is -2.37. The summed E-state index contributed by atoms with van der Waals surface area (Å²) < 4.78 is 56.7. The number of amidine groups is 1. The molecule has 3 aromatic carbocycles. The maximum Gasteiger partial charge on any atom is 0.573 e. The number of nitrogens with one attached hydrogen (secondary N) is 1. The molecule has 4 aromatic rings. The molecule has 2 amide bonds. The molecule has 1 aliphatic rings. The lowest BCUT2D eigenvalue weighted by atomic mass is 10.00. The van der Waals surface area contributed by atoms with E-state index in [0.717, 1.165) is 34.6 Å². The first-order chi connectivity index (χ1) is 21.5. The van der Waals surface area contributed by atoms with Crippen molar-refractivity contribution in [2.24, 2.45) is 4.99 Å². The van der Waals surface area contributed by atoms with Crippen LogP contribution in [0.3, 0.4) is 0 Å². The molecule has 0 saturated carbocycles. The highest BCUT2D eigenvalue weighted by molar-refractivity contribution is 8.14. The van der Waals surface area contributed by atoms with Gasteiger partial charge in [-0.25, -0.2) is 18.9 Å². The molecule has 1 aromatic heterocycles. The van der Waals surface area contributed by atoms with Gasteiger partial charge in [0.05, 0.1) is 11.7 Å². The number of hydrogen-bond donors (Lipinski definition) is 1. The largest absolute Gasteiger partial charge is 0.573 e. The third-order valence-electron chi connectivity index (χ3n) is 7.19. The molecule has 5 rings (SSSR count). The summed E-state index contributed by atoms with van der Waals surface area (Å²) in [5, 5.41) is 8.04. The van der Waals surface area contributed by atoms with Gasteiger partial charge in [0.1, 0.15) is 17.9 Å². The summed E-state index contributed by atoms with van der Waals surface area (Å²) in [4.78, 5) is 23.9. The average Bonchev–Trinajstić information content (AvgIpc) is 3.50. The van der Waals surface area contributed by atoms with Gasteiger partial charge in [0.2, 0.25) is 0 Å². The third-order valence-corrected chi connectivity index (χ3v) is 8.25. The topological polar surface area (TPSA) is 84.6 Å². The van der Waals surface area contributed by atoms with E-state index in [0.29, 0.717) is 29.6 Å². The molecule has 1 N–H and O–H groups in total. The van der Waals surface area contributed by atoms with Crippen LogP contribution in [0, 0.1) is 5.82 Å². The zero-order valence-corrected chi connectivity index (χ0v) is 25.7. The minimum atomic E-state index is -4.76. The molecule has 45 heavy (non-hydrogen) atoms. The van der Waals surface area contributed by atoms with E-state index in [2.05, 4.69) is 25.1 Å². The number of ether oxygens (including phenoxy) is 1. The first-order valence-corrected chi connectivity index (χ1v) is 15.5. The van der Waals surface area contributed by atoms with Crippen LogP contribution in [0.25, 0.3) is 17.1 Å². The Balaban J connectivity index is 1.27. The Morgan fingerprint density at radius 1 is 1.09 bits per heavy atom. The lowest BCUT2D eigenvalue weighted by Gasteiger charge is -2.32. The minimum Gasteiger partial charge on any atom is -0.406 e. The van der Waals surface area contributed by atoms with Gasteiger partial charge in [-0.3, -0.25) is 0 Å². The molecule has 236 valence electrons. The van der Waals surface area contributed by atoms with Gasteiger partial charge in [-0.2, -0.15) is 4.99 Å². The summed E-state index contributed by atoms with van der Waals surface area (Å²) in [6.45, 7) is 6.67. The fourth-order valence-electron chi connectivity index (χ4n) is 4.98. The predicted octanol–water partition coefficient (Wildman–Crippen LogP) is 8.26. The van der Waals surface area contributed by atoms with Crippen molar-refractivity contribution in [2.45, 2.75) is 51.9 Å². The van der Waals surface area contributed by atoms with Crippen LogP contribution in [0.2, 0.25) is 0 Å². The van der Waals surface area contributed by atoms with Crippen LogP contribution in [0.5, 0.6) is 5.75 Å². The van der Waals surface area contributed by atoms with Crippen molar-refractivity contribution in [3.05, 3.63) is 90.0 Å². The van der Waals surface area contributed by atoms with Crippen LogP contribution >= 0.6 is 11.8 Å². The van der Waals surface area contributed by atoms with Gasteiger partial charge >= 0.3 is 12.4 Å². The Hall–Kier alpha value is -4.39. The second-order valence-corrected chi connectivity index (χ2v) is 11.8. The van der Waals surface area contributed by atoms with E-state index < -0.39 is 12.4 Å². The minimum absolute atomic E-state index is 0.0994. The maximum absolute atomic E-state index is 14.0. The van der Waals surface area contributed by atoms with E-state index in [1.54, 1.807) is 12.1 Å². The number of alkyl halides is 3. The van der Waals surface area contributed by atoms with E-state index in [4.69, 9.17) is 0 Å². The molecule has 2 heterocycles. The summed E-state index contributed by atoms with van der Waals surface area (Å²) in [6.07, 6.45) is -1.75. The number of carbonyl (C=O) groups is 1. The Kier molecular flexibility index (Phi) is 9.76. The average molecular weight is 641 g/mol. The quantitative estimate of drug-likeness (QED) is 0.195. The molecule has 1 aliphatic heterocycles. The number of nitrogens with zero attached hydrogens (tertiary/aromatic N) is 5. The van der Waals surface area contributed by atoms with Crippen LogP contribution in [-0.2, 0) is 0 Å². The van der Waals surface area contributed by atoms with E-state index >= 15 is 0 Å². The molecule has 0 radical (unpaired) electrons. The van der Waals surface area contributed by atoms with Crippen molar-refractivity contribution >= 4 is 28.6 Å². The lowest BCUT2D eigenvalue weighted by molar-refractivity contribution is -0.274. The number of halogens is 4. The summed E-state index contributed by atoms with van der Waals surface area (Å²) in [5.74, 6) is 0.742. The zero-order chi connectivity index (χ0) is 32.1. The molecule has 13 heteroatoms. The first kappa shape index (κ1) is 32.0. The highest BCUT2D eigenvalue weighted by atomic mass is 32.2. The molecule has 1 unspecified atom stereocenters. The number of aromatic nitrogens is 3. The zero-order valence-electron chi connectivity index (χ0n) is 24.9. The summed E-state index contributed by atoms with van der Waals surface area (Å²) in [7, 11) is 0. The summed E-state index contributed by atoms with van der Waals surface area (Å²) in [5.41, 5.74) is 3.85. The summed E-state index contributed by atoms with van der Waals surface area (Å²) in [6, 6.07) is 16.8. The Bertz CT molecular complexity index is 1660. The van der Waals surface area contributed by atoms with Crippen LogP contribution in [-0.4, -0.2) is 44.6 Å². The Labute approximate surface area is 262 Å². The SMILES string of the molecule is CCC(NC(=O)/N=C1\SCCCN1c1ccc(F)cc1C(C)C)c1ccc(-c2ncn(-c3ccc(OC(F)(F)F)cc3)n2)cc1. The standard InChI is InChI=1S/C32H32F4N6O2S/c1-4-27(38-30(43)39-31-41(16-5-17-45-31)28-15-10-23(33)18-26(28)20(2)3)21-6-8-22(9-7-21)29-37-19-42(40-29)24-11-13-25(14-12-24)44-32(34,35)36/h6-15,18-20,27H,4-5,16-17H2,1-3H3,(H,38,43)/b39-31-. The smallest absolute Gasteiger partial charge is 0.406 e. The number of carbonyl (C=O) groups excluding carboxylic acids is 1. The van der Waals surface area contributed by atoms with Crippen molar-refractivity contribution in [2.75, 3.05) is 17.2 Å². The number of urea groups is 1. The van der Waals surface area contributed by atoms with Crippen LogP contribution in [0.4, 0.5) is 28.0 Å². The fraction of sp³-hybridized carbons (Fsp3) is 0.312. The molecule has 1 saturated heterocycles. The van der Waals surface area contributed by atoms with Gasteiger partial charge in [-0.15, -0.1) is 18.3 Å².